The molecule has 5 heteroatoms. The Balaban J connectivity index is 0.000000810. The largest absolute Gasteiger partial charge is 0.363 e. The fraction of sp³-hybridized carbons (Fsp3) is 0. The highest BCUT2D eigenvalue weighted by molar-refractivity contribution is 5.16. The maximum absolute atomic E-state index is 9.94. The van der Waals surface area contributed by atoms with E-state index in [0.29, 0.717) is 0 Å². The summed E-state index contributed by atoms with van der Waals surface area (Å²) in [5.74, 6) is -0.113. The van der Waals surface area contributed by atoms with Crippen molar-refractivity contribution < 1.29 is 4.92 Å². The van der Waals surface area contributed by atoms with E-state index in [0.717, 1.165) is 0 Å². The number of rotatable bonds is 1. The van der Waals surface area contributed by atoms with Crippen molar-refractivity contribution in [3.05, 3.63) is 34.5 Å². The molecular weight excluding hydrogens is 134 g/mol. The van der Waals surface area contributed by atoms with Crippen molar-refractivity contribution in [1.82, 2.24) is 11.1 Å². The third-order valence-electron chi connectivity index (χ3n) is 0.836. The molecule has 0 fully saturated rings. The summed E-state index contributed by atoms with van der Waals surface area (Å²) in [6.45, 7) is 0. The monoisotopic (exact) mass is 141 g/mol. The summed E-state index contributed by atoms with van der Waals surface area (Å²) in [6.07, 6.45) is 1.39. The number of aromatic nitrogens is 1. The highest BCUT2D eigenvalue weighted by atomic mass is 16.6. The number of hydrogen-bond acceptors (Lipinski definition) is 4. The van der Waals surface area contributed by atoms with Gasteiger partial charge in [0.05, 0.1) is 0 Å². The average molecular weight is 141 g/mol. The summed E-state index contributed by atoms with van der Waals surface area (Å²) in [5.41, 5.74) is 0. The van der Waals surface area contributed by atoms with Crippen LogP contribution in [0, 0.1) is 10.1 Å². The van der Waals surface area contributed by atoms with Crippen LogP contribution in [0.1, 0.15) is 0 Å². The number of hydrogen-bond donors (Lipinski definition) is 1. The first-order chi connectivity index (χ1) is 4.30. The van der Waals surface area contributed by atoms with E-state index in [1.54, 1.807) is 12.1 Å². The van der Waals surface area contributed by atoms with Gasteiger partial charge in [0.25, 0.3) is 0 Å². The van der Waals surface area contributed by atoms with E-state index in [1.807, 2.05) is 0 Å². The van der Waals surface area contributed by atoms with Crippen LogP contribution in [0.3, 0.4) is 0 Å². The minimum Gasteiger partial charge on any atom is -0.358 e. The average Bonchev–Trinajstić information content (AvgIpc) is 1.90. The molecule has 54 valence electrons. The molecule has 0 amide bonds. The van der Waals surface area contributed by atoms with Gasteiger partial charge < -0.3 is 16.3 Å². The Morgan fingerprint density at radius 1 is 1.50 bits per heavy atom. The lowest BCUT2D eigenvalue weighted by atomic mass is 10.5. The Kier molecular flexibility index (Phi) is 2.99. The molecule has 0 aromatic carbocycles. The molecule has 0 aliphatic heterocycles. The Morgan fingerprint density at radius 3 is 2.50 bits per heavy atom. The molecule has 0 saturated carbocycles. The van der Waals surface area contributed by atoms with E-state index < -0.39 is 4.92 Å². The predicted molar refractivity (Wildman–Crippen MR) is 35.9 cm³/mol. The van der Waals surface area contributed by atoms with Crippen LogP contribution in [-0.2, 0) is 0 Å². The minimum atomic E-state index is -0.528. The summed E-state index contributed by atoms with van der Waals surface area (Å²) >= 11 is 0. The van der Waals surface area contributed by atoms with Gasteiger partial charge in [0.15, 0.2) is 0 Å². The van der Waals surface area contributed by atoms with E-state index in [4.69, 9.17) is 0 Å². The highest BCUT2D eigenvalue weighted by Gasteiger charge is 2.00. The summed E-state index contributed by atoms with van der Waals surface area (Å²) in [6, 6.07) is 4.55. The van der Waals surface area contributed by atoms with Crippen molar-refractivity contribution in [2.45, 2.75) is 0 Å². The molecule has 0 spiro atoms. The second kappa shape index (κ2) is 3.52. The molecule has 3 N–H and O–H groups in total. The number of nitrogens with zero attached hydrogens (tertiary/aromatic N) is 2. The fourth-order valence-electron chi connectivity index (χ4n) is 0.462. The van der Waals surface area contributed by atoms with E-state index in [-0.39, 0.29) is 12.0 Å². The Hall–Kier alpha value is -1.49. The van der Waals surface area contributed by atoms with Gasteiger partial charge in [-0.05, 0) is 16.0 Å². The predicted octanol–water partition coefficient (Wildman–Crippen LogP) is 1.15. The SMILES string of the molecule is N.O=[N+]([O-])c1ccccn1. The zero-order chi connectivity index (χ0) is 6.69. The lowest BCUT2D eigenvalue weighted by Gasteiger charge is -1.86. The van der Waals surface area contributed by atoms with Gasteiger partial charge in [-0.1, -0.05) is 6.07 Å². The molecule has 10 heavy (non-hydrogen) atoms. The van der Waals surface area contributed by atoms with E-state index >= 15 is 0 Å². The van der Waals surface area contributed by atoms with Crippen molar-refractivity contribution in [3.63, 3.8) is 0 Å². The molecular formula is C5H7N3O2. The summed E-state index contributed by atoms with van der Waals surface area (Å²) in [5, 5.41) is 9.94. The van der Waals surface area contributed by atoms with Gasteiger partial charge in [-0.15, -0.1) is 0 Å². The smallest absolute Gasteiger partial charge is 0.358 e. The maximum Gasteiger partial charge on any atom is 0.363 e. The Morgan fingerprint density at radius 2 is 2.20 bits per heavy atom. The topological polar surface area (TPSA) is 91.0 Å². The molecule has 5 nitrogen and oxygen atoms in total. The van der Waals surface area contributed by atoms with Crippen molar-refractivity contribution in [2.75, 3.05) is 0 Å². The minimum absolute atomic E-state index is 0. The van der Waals surface area contributed by atoms with E-state index in [2.05, 4.69) is 4.98 Å². The zero-order valence-corrected chi connectivity index (χ0v) is 5.23. The van der Waals surface area contributed by atoms with Crippen LogP contribution >= 0.6 is 0 Å². The van der Waals surface area contributed by atoms with E-state index in [9.17, 15) is 10.1 Å². The van der Waals surface area contributed by atoms with Crippen LogP contribution in [-0.4, -0.2) is 9.91 Å². The van der Waals surface area contributed by atoms with Gasteiger partial charge in [-0.3, -0.25) is 0 Å². The van der Waals surface area contributed by atoms with Gasteiger partial charge >= 0.3 is 5.82 Å². The Bertz CT molecular complexity index is 211. The molecule has 1 aromatic rings. The van der Waals surface area contributed by atoms with Gasteiger partial charge in [0.2, 0.25) is 0 Å². The van der Waals surface area contributed by atoms with E-state index in [1.165, 1.54) is 12.3 Å². The highest BCUT2D eigenvalue weighted by Crippen LogP contribution is 2.01. The van der Waals surface area contributed by atoms with Crippen molar-refractivity contribution >= 4 is 5.82 Å². The summed E-state index contributed by atoms with van der Waals surface area (Å²) in [7, 11) is 0. The molecule has 0 unspecified atom stereocenters. The third-order valence-corrected chi connectivity index (χ3v) is 0.836. The molecule has 0 aliphatic rings. The van der Waals surface area contributed by atoms with Crippen LogP contribution in [0.15, 0.2) is 24.4 Å². The van der Waals surface area contributed by atoms with Crippen molar-refractivity contribution in [2.24, 2.45) is 0 Å². The second-order valence-electron chi connectivity index (χ2n) is 1.45. The first-order valence-electron chi connectivity index (χ1n) is 2.36. The van der Waals surface area contributed by atoms with Gasteiger partial charge in [0, 0.05) is 6.07 Å². The van der Waals surface area contributed by atoms with Crippen molar-refractivity contribution in [1.29, 1.82) is 0 Å². The molecule has 0 atom stereocenters. The van der Waals surface area contributed by atoms with Gasteiger partial charge in [0.1, 0.15) is 6.20 Å². The number of nitro groups is 1. The zero-order valence-electron chi connectivity index (χ0n) is 5.23. The first-order valence-corrected chi connectivity index (χ1v) is 2.36. The third kappa shape index (κ3) is 1.79. The van der Waals surface area contributed by atoms with Crippen LogP contribution in [0.5, 0.6) is 0 Å². The quantitative estimate of drug-likeness (QED) is 0.469. The summed E-state index contributed by atoms with van der Waals surface area (Å²) in [4.78, 5) is 12.9. The molecule has 1 heterocycles. The number of pyridine rings is 1. The van der Waals surface area contributed by atoms with Crippen LogP contribution in [0.25, 0.3) is 0 Å². The lowest BCUT2D eigenvalue weighted by Crippen LogP contribution is -1.88. The molecule has 0 aliphatic carbocycles. The normalized spacial score (nSPS) is 8.00. The summed E-state index contributed by atoms with van der Waals surface area (Å²) < 4.78 is 0. The standard InChI is InChI=1S/C5H4N2O2.H3N/c8-7(9)5-3-1-2-4-6-5;/h1-4H;1H3. The van der Waals surface area contributed by atoms with Crippen molar-refractivity contribution in [3.8, 4) is 0 Å². The van der Waals surface area contributed by atoms with Gasteiger partial charge in [-0.2, -0.15) is 0 Å². The van der Waals surface area contributed by atoms with Crippen LogP contribution in [0.2, 0.25) is 0 Å². The maximum atomic E-state index is 9.94. The Labute approximate surface area is 57.4 Å². The molecule has 0 saturated heterocycles. The first kappa shape index (κ1) is 8.51. The fourth-order valence-corrected chi connectivity index (χ4v) is 0.462. The molecule has 0 radical (unpaired) electrons. The molecule has 1 aromatic heterocycles. The van der Waals surface area contributed by atoms with Crippen LogP contribution < -0.4 is 6.15 Å². The second-order valence-corrected chi connectivity index (χ2v) is 1.45. The lowest BCUT2D eigenvalue weighted by molar-refractivity contribution is -0.389. The molecule has 1 rings (SSSR count). The molecule has 0 bridgehead atoms. The van der Waals surface area contributed by atoms with Gasteiger partial charge in [-0.25, -0.2) is 0 Å². The van der Waals surface area contributed by atoms with Crippen LogP contribution in [0.4, 0.5) is 5.82 Å².